The van der Waals surface area contributed by atoms with E-state index in [0.717, 1.165) is 27.8 Å². The van der Waals surface area contributed by atoms with Crippen molar-refractivity contribution in [1.29, 1.82) is 0 Å². The van der Waals surface area contributed by atoms with E-state index in [0.29, 0.717) is 24.8 Å². The monoisotopic (exact) mass is 441 g/mol. The molecule has 7 heteroatoms. The zero-order valence-corrected chi connectivity index (χ0v) is 17.0. The van der Waals surface area contributed by atoms with Crippen molar-refractivity contribution in [3.63, 3.8) is 0 Å². The average molecular weight is 442 g/mol. The van der Waals surface area contributed by atoms with Crippen molar-refractivity contribution >= 4 is 21.8 Å². The van der Waals surface area contributed by atoms with Crippen molar-refractivity contribution in [2.75, 3.05) is 6.61 Å². The normalized spacial score (nSPS) is 15.6. The lowest BCUT2D eigenvalue weighted by molar-refractivity contribution is -0.122. The van der Waals surface area contributed by atoms with Crippen LogP contribution in [0.3, 0.4) is 0 Å². The third-order valence-corrected chi connectivity index (χ3v) is 5.17. The molecule has 0 saturated carbocycles. The van der Waals surface area contributed by atoms with Gasteiger partial charge in [0.25, 0.3) is 0 Å². The van der Waals surface area contributed by atoms with Crippen molar-refractivity contribution in [3.05, 3.63) is 64.0 Å². The number of benzene rings is 2. The van der Waals surface area contributed by atoms with E-state index in [1.165, 1.54) is 5.56 Å². The van der Waals surface area contributed by atoms with Crippen molar-refractivity contribution in [2.24, 2.45) is 0 Å². The van der Waals surface area contributed by atoms with E-state index in [1.54, 1.807) is 0 Å². The van der Waals surface area contributed by atoms with Crippen LogP contribution in [0, 0.1) is 6.92 Å². The first kappa shape index (κ1) is 18.7. The SMILES string of the molecule is Cc1ccc(-c2nnc(CCC(=O)NC3CCOc4ccc(Br)cc43)o2)cc1. The van der Waals surface area contributed by atoms with Gasteiger partial charge in [-0.3, -0.25) is 4.79 Å². The van der Waals surface area contributed by atoms with Gasteiger partial charge in [-0.15, -0.1) is 10.2 Å². The number of halogens is 1. The van der Waals surface area contributed by atoms with E-state index in [4.69, 9.17) is 9.15 Å². The summed E-state index contributed by atoms with van der Waals surface area (Å²) in [5, 5.41) is 11.2. The minimum Gasteiger partial charge on any atom is -0.493 e. The van der Waals surface area contributed by atoms with Crippen LogP contribution in [-0.2, 0) is 11.2 Å². The lowest BCUT2D eigenvalue weighted by atomic mass is 10.0. The Morgan fingerprint density at radius 1 is 1.21 bits per heavy atom. The number of amides is 1. The lowest BCUT2D eigenvalue weighted by Crippen LogP contribution is -2.32. The van der Waals surface area contributed by atoms with E-state index < -0.39 is 0 Å². The van der Waals surface area contributed by atoms with Crippen molar-refractivity contribution in [1.82, 2.24) is 15.5 Å². The molecule has 0 aliphatic carbocycles. The van der Waals surface area contributed by atoms with Crippen LogP contribution in [-0.4, -0.2) is 22.7 Å². The molecular weight excluding hydrogens is 422 g/mol. The Balaban J connectivity index is 1.36. The van der Waals surface area contributed by atoms with Crippen LogP contribution in [0.15, 0.2) is 51.4 Å². The Labute approximate surface area is 171 Å². The smallest absolute Gasteiger partial charge is 0.247 e. The second-order valence-corrected chi connectivity index (χ2v) is 7.72. The number of hydrogen-bond donors (Lipinski definition) is 1. The molecule has 6 nitrogen and oxygen atoms in total. The topological polar surface area (TPSA) is 77.2 Å². The Hall–Kier alpha value is -2.67. The van der Waals surface area contributed by atoms with Crippen LogP contribution < -0.4 is 10.1 Å². The van der Waals surface area contributed by atoms with Gasteiger partial charge in [-0.25, -0.2) is 0 Å². The van der Waals surface area contributed by atoms with Crippen molar-refractivity contribution in [2.45, 2.75) is 32.2 Å². The van der Waals surface area contributed by atoms with Gasteiger partial charge in [-0.1, -0.05) is 33.6 Å². The first-order valence-corrected chi connectivity index (χ1v) is 9.99. The summed E-state index contributed by atoms with van der Waals surface area (Å²) in [6.07, 6.45) is 1.43. The van der Waals surface area contributed by atoms with Gasteiger partial charge in [-0.2, -0.15) is 0 Å². The van der Waals surface area contributed by atoms with E-state index in [-0.39, 0.29) is 18.4 Å². The molecule has 0 bridgehead atoms. The minimum absolute atomic E-state index is 0.0482. The van der Waals surface area contributed by atoms with E-state index in [2.05, 4.69) is 31.4 Å². The number of nitrogens with zero attached hydrogens (tertiary/aromatic N) is 2. The molecule has 0 radical (unpaired) electrons. The number of fused-ring (bicyclic) bond motifs is 1. The molecule has 1 aromatic heterocycles. The zero-order valence-electron chi connectivity index (χ0n) is 15.4. The van der Waals surface area contributed by atoms with E-state index >= 15 is 0 Å². The van der Waals surface area contributed by atoms with Crippen LogP contribution in [0.4, 0.5) is 0 Å². The molecule has 1 aliphatic heterocycles. The number of nitrogens with one attached hydrogen (secondary N) is 1. The average Bonchev–Trinajstić information content (AvgIpc) is 3.16. The number of ether oxygens (including phenoxy) is 1. The number of carbonyl (C=O) groups is 1. The molecule has 0 saturated heterocycles. The fraction of sp³-hybridized carbons (Fsp3) is 0.286. The van der Waals surface area contributed by atoms with Gasteiger partial charge < -0.3 is 14.5 Å². The maximum atomic E-state index is 12.4. The maximum absolute atomic E-state index is 12.4. The number of hydrogen-bond acceptors (Lipinski definition) is 5. The highest BCUT2D eigenvalue weighted by Crippen LogP contribution is 2.34. The highest BCUT2D eigenvalue weighted by atomic mass is 79.9. The van der Waals surface area contributed by atoms with E-state index in [1.807, 2.05) is 49.4 Å². The molecule has 0 fully saturated rings. The highest BCUT2D eigenvalue weighted by molar-refractivity contribution is 9.10. The molecule has 2 aromatic carbocycles. The van der Waals surface area contributed by atoms with Crippen LogP contribution in [0.1, 0.15) is 35.9 Å². The highest BCUT2D eigenvalue weighted by Gasteiger charge is 2.23. The predicted octanol–water partition coefficient (Wildman–Crippen LogP) is 4.38. The lowest BCUT2D eigenvalue weighted by Gasteiger charge is -2.26. The quantitative estimate of drug-likeness (QED) is 0.635. The molecule has 1 aliphatic rings. The van der Waals surface area contributed by atoms with Crippen LogP contribution in [0.2, 0.25) is 0 Å². The Bertz CT molecular complexity index is 985. The number of carbonyl (C=O) groups excluding carboxylic acids is 1. The maximum Gasteiger partial charge on any atom is 0.247 e. The Kier molecular flexibility index (Phi) is 5.43. The van der Waals surface area contributed by atoms with Crippen LogP contribution in [0.5, 0.6) is 5.75 Å². The van der Waals surface area contributed by atoms with Gasteiger partial charge in [0.05, 0.1) is 12.6 Å². The molecule has 144 valence electrons. The summed E-state index contributed by atoms with van der Waals surface area (Å²) >= 11 is 3.48. The van der Waals surface area contributed by atoms with Crippen LogP contribution in [0.25, 0.3) is 11.5 Å². The Morgan fingerprint density at radius 3 is 2.86 bits per heavy atom. The minimum atomic E-state index is -0.0560. The molecular formula is C21H20BrN3O3. The van der Waals surface area contributed by atoms with Gasteiger partial charge in [-0.05, 0) is 37.3 Å². The van der Waals surface area contributed by atoms with Gasteiger partial charge in [0.2, 0.25) is 17.7 Å². The fourth-order valence-electron chi connectivity index (χ4n) is 3.17. The Morgan fingerprint density at radius 2 is 2.04 bits per heavy atom. The summed E-state index contributed by atoms with van der Waals surface area (Å²) in [7, 11) is 0. The first-order chi connectivity index (χ1) is 13.6. The summed E-state index contributed by atoms with van der Waals surface area (Å²) in [4.78, 5) is 12.4. The second-order valence-electron chi connectivity index (χ2n) is 6.81. The van der Waals surface area contributed by atoms with Gasteiger partial charge in [0.1, 0.15) is 5.75 Å². The fourth-order valence-corrected chi connectivity index (χ4v) is 3.55. The molecule has 3 aromatic rings. The summed E-state index contributed by atoms with van der Waals surface area (Å²) in [5.74, 6) is 1.70. The molecule has 1 atom stereocenters. The van der Waals surface area contributed by atoms with E-state index in [9.17, 15) is 4.79 Å². The molecule has 0 spiro atoms. The number of aromatic nitrogens is 2. The van der Waals surface area contributed by atoms with Gasteiger partial charge in [0.15, 0.2) is 0 Å². The first-order valence-electron chi connectivity index (χ1n) is 9.19. The summed E-state index contributed by atoms with van der Waals surface area (Å²) in [6.45, 7) is 2.61. The van der Waals surface area contributed by atoms with Crippen molar-refractivity contribution in [3.8, 4) is 17.2 Å². The van der Waals surface area contributed by atoms with Gasteiger partial charge >= 0.3 is 0 Å². The molecule has 1 N–H and O–H groups in total. The zero-order chi connectivity index (χ0) is 19.5. The number of aryl methyl sites for hydroxylation is 2. The molecule has 28 heavy (non-hydrogen) atoms. The third-order valence-electron chi connectivity index (χ3n) is 4.68. The third kappa shape index (κ3) is 4.25. The molecule has 1 amide bonds. The standard InChI is InChI=1S/C21H20BrN3O3/c1-13-2-4-14(5-3-13)21-25-24-20(28-21)9-8-19(26)23-17-10-11-27-18-7-6-15(22)12-16(17)18/h2-7,12,17H,8-11H2,1H3,(H,23,26). The molecule has 4 rings (SSSR count). The number of rotatable bonds is 5. The molecule has 2 heterocycles. The van der Waals surface area contributed by atoms with Gasteiger partial charge in [0, 0.05) is 34.9 Å². The summed E-state index contributed by atoms with van der Waals surface area (Å²) in [5.41, 5.74) is 3.04. The summed E-state index contributed by atoms with van der Waals surface area (Å²) in [6, 6.07) is 13.7. The second kappa shape index (κ2) is 8.14. The molecule has 1 unspecified atom stereocenters. The largest absolute Gasteiger partial charge is 0.493 e. The van der Waals surface area contributed by atoms with Crippen LogP contribution >= 0.6 is 15.9 Å². The van der Waals surface area contributed by atoms with Crippen molar-refractivity contribution < 1.29 is 13.9 Å². The summed E-state index contributed by atoms with van der Waals surface area (Å²) < 4.78 is 12.3. The predicted molar refractivity (Wildman–Crippen MR) is 108 cm³/mol.